The predicted molar refractivity (Wildman–Crippen MR) is 135 cm³/mol. The van der Waals surface area contributed by atoms with Gasteiger partial charge in [-0.15, -0.1) is 0 Å². The molecule has 0 aromatic heterocycles. The predicted octanol–water partition coefficient (Wildman–Crippen LogP) is 4.78. The first kappa shape index (κ1) is 25.2. The fraction of sp³-hybridized carbons (Fsp3) is 0.633. The zero-order chi connectivity index (χ0) is 26.2. The molecule has 6 nitrogen and oxygen atoms in total. The molecular formula is C30H38O6. The van der Waals surface area contributed by atoms with Gasteiger partial charge in [0.1, 0.15) is 11.7 Å². The van der Waals surface area contributed by atoms with Crippen LogP contribution in [0.4, 0.5) is 0 Å². The van der Waals surface area contributed by atoms with Crippen molar-refractivity contribution in [2.75, 3.05) is 0 Å². The lowest BCUT2D eigenvalue weighted by Crippen LogP contribution is -2.49. The number of aliphatic hydroxyl groups is 1. The lowest BCUT2D eigenvalue weighted by molar-refractivity contribution is -0.169. The van der Waals surface area contributed by atoms with Crippen LogP contribution in [0.5, 0.6) is 0 Å². The smallest absolute Gasteiger partial charge is 0.334 e. The van der Waals surface area contributed by atoms with Crippen molar-refractivity contribution in [3.05, 3.63) is 47.6 Å². The van der Waals surface area contributed by atoms with Gasteiger partial charge in [-0.1, -0.05) is 37.8 Å². The molecule has 194 valence electrons. The molecule has 0 spiro atoms. The second kappa shape index (κ2) is 8.54. The average molecular weight is 495 g/mol. The van der Waals surface area contributed by atoms with Gasteiger partial charge >= 0.3 is 11.9 Å². The molecule has 1 N–H and O–H groups in total. The highest BCUT2D eigenvalue weighted by atomic mass is 16.6. The number of carbonyl (C=O) groups excluding carboxylic acids is 3. The Balaban J connectivity index is 1.36. The number of fused-ring (bicyclic) bond motifs is 4. The minimum Gasteiger partial charge on any atom is -0.458 e. The number of rotatable bonds is 3. The van der Waals surface area contributed by atoms with Crippen LogP contribution in [0.25, 0.3) is 0 Å². The van der Waals surface area contributed by atoms with Gasteiger partial charge in [0.15, 0.2) is 6.10 Å². The summed E-state index contributed by atoms with van der Waals surface area (Å²) in [6, 6.07) is 0. The molecule has 0 aromatic rings. The maximum atomic E-state index is 13.6. The van der Waals surface area contributed by atoms with E-state index in [1.165, 1.54) is 25.3 Å². The van der Waals surface area contributed by atoms with Crippen molar-refractivity contribution < 1.29 is 29.0 Å². The number of ether oxygens (including phenoxy) is 2. The van der Waals surface area contributed by atoms with Gasteiger partial charge in [0.2, 0.25) is 5.78 Å². The van der Waals surface area contributed by atoms with Crippen LogP contribution >= 0.6 is 0 Å². The molecule has 1 saturated heterocycles. The number of Topliss-reactive ketones (excluding diaryl/α,β-unsaturated/α-hetero) is 1. The molecule has 5 aliphatic rings. The number of carbonyl (C=O) groups is 3. The van der Waals surface area contributed by atoms with E-state index in [4.69, 9.17) is 9.47 Å². The van der Waals surface area contributed by atoms with Crippen LogP contribution in [0, 0.1) is 29.1 Å². The maximum absolute atomic E-state index is 13.6. The molecule has 4 fully saturated rings. The molecule has 5 rings (SSSR count). The lowest BCUT2D eigenvalue weighted by atomic mass is 9.56. The van der Waals surface area contributed by atoms with E-state index in [-0.39, 0.29) is 17.3 Å². The highest BCUT2D eigenvalue weighted by molar-refractivity contribution is 6.06. The van der Waals surface area contributed by atoms with Gasteiger partial charge in [-0.3, -0.25) is 4.79 Å². The van der Waals surface area contributed by atoms with Crippen LogP contribution in [0.2, 0.25) is 0 Å². The lowest BCUT2D eigenvalue weighted by Gasteiger charge is -2.49. The number of esters is 2. The van der Waals surface area contributed by atoms with Crippen LogP contribution in [0.3, 0.4) is 0 Å². The molecule has 8 atom stereocenters. The van der Waals surface area contributed by atoms with Crippen molar-refractivity contribution in [3.63, 3.8) is 0 Å². The van der Waals surface area contributed by atoms with Crippen molar-refractivity contribution in [2.45, 2.75) is 89.9 Å². The van der Waals surface area contributed by atoms with Gasteiger partial charge in [-0.05, 0) is 82.5 Å². The average Bonchev–Trinajstić information content (AvgIpc) is 3.12. The summed E-state index contributed by atoms with van der Waals surface area (Å²) in [4.78, 5) is 39.2. The van der Waals surface area contributed by atoms with E-state index in [1.54, 1.807) is 0 Å². The summed E-state index contributed by atoms with van der Waals surface area (Å²) in [6.07, 6.45) is 5.17. The van der Waals surface area contributed by atoms with E-state index in [2.05, 4.69) is 26.7 Å². The Hall–Kier alpha value is -2.47. The molecule has 0 radical (unpaired) electrons. The van der Waals surface area contributed by atoms with Crippen LogP contribution in [0.1, 0.15) is 72.1 Å². The first-order valence-electron chi connectivity index (χ1n) is 13.3. The van der Waals surface area contributed by atoms with E-state index in [0.717, 1.165) is 31.3 Å². The quantitative estimate of drug-likeness (QED) is 0.345. The third-order valence-corrected chi connectivity index (χ3v) is 10.1. The summed E-state index contributed by atoms with van der Waals surface area (Å²) < 4.78 is 11.4. The van der Waals surface area contributed by atoms with E-state index >= 15 is 0 Å². The maximum Gasteiger partial charge on any atom is 0.334 e. The van der Waals surface area contributed by atoms with Gasteiger partial charge in [0.05, 0.1) is 5.92 Å². The third kappa shape index (κ3) is 3.67. The molecule has 0 aromatic carbocycles. The van der Waals surface area contributed by atoms with Crippen molar-refractivity contribution in [3.8, 4) is 0 Å². The highest BCUT2D eigenvalue weighted by Crippen LogP contribution is 2.55. The van der Waals surface area contributed by atoms with Gasteiger partial charge in [0.25, 0.3) is 0 Å². The van der Waals surface area contributed by atoms with E-state index in [1.807, 2.05) is 6.92 Å². The van der Waals surface area contributed by atoms with Crippen LogP contribution in [-0.2, 0) is 23.9 Å². The Morgan fingerprint density at radius 2 is 1.86 bits per heavy atom. The van der Waals surface area contributed by atoms with Gasteiger partial charge in [-0.2, -0.15) is 0 Å². The van der Waals surface area contributed by atoms with Crippen molar-refractivity contribution in [2.24, 2.45) is 29.1 Å². The fourth-order valence-corrected chi connectivity index (χ4v) is 7.82. The van der Waals surface area contributed by atoms with Crippen LogP contribution < -0.4 is 0 Å². The fourth-order valence-electron chi connectivity index (χ4n) is 7.82. The topological polar surface area (TPSA) is 89.9 Å². The Morgan fingerprint density at radius 3 is 2.58 bits per heavy atom. The number of hydrogen-bond donors (Lipinski definition) is 1. The summed E-state index contributed by atoms with van der Waals surface area (Å²) >= 11 is 0. The molecular weight excluding hydrogens is 456 g/mol. The minimum absolute atomic E-state index is 0.0400. The van der Waals surface area contributed by atoms with E-state index < -0.39 is 41.4 Å². The zero-order valence-corrected chi connectivity index (χ0v) is 21.7. The standard InChI is InChI=1S/C30H38O6/c1-15-8-7-12-29(5)13-11-19(14-21(15)29)17(3)27(32)36-26-24(31)22-16(2)9-10-20-18(4)28(33)35-25(20)23(22)30(26,6)34/h19-21,23,25-26,34H,1,3-4,7-14H2,2,5-6H3/t19?,20?,21?,23?,25?,26?,29-,30-/m0/s1. The second-order valence-electron chi connectivity index (χ2n) is 12.3. The molecule has 0 amide bonds. The Labute approximate surface area is 213 Å². The first-order valence-corrected chi connectivity index (χ1v) is 13.3. The number of hydrogen-bond acceptors (Lipinski definition) is 6. The second-order valence-corrected chi connectivity index (χ2v) is 12.3. The van der Waals surface area contributed by atoms with Gasteiger partial charge in [0, 0.05) is 22.6 Å². The number of ketones is 1. The number of allylic oxidation sites excluding steroid dienone is 2. The van der Waals surface area contributed by atoms with E-state index in [9.17, 15) is 19.5 Å². The summed E-state index contributed by atoms with van der Waals surface area (Å²) in [6.45, 7) is 18.0. The highest BCUT2D eigenvalue weighted by Gasteiger charge is 2.64. The summed E-state index contributed by atoms with van der Waals surface area (Å²) in [5.74, 6) is -2.27. The summed E-state index contributed by atoms with van der Waals surface area (Å²) in [5.41, 5.74) is 1.75. The van der Waals surface area contributed by atoms with E-state index in [0.29, 0.717) is 35.5 Å². The third-order valence-electron chi connectivity index (χ3n) is 10.1. The Kier molecular flexibility index (Phi) is 5.98. The van der Waals surface area contributed by atoms with Crippen molar-refractivity contribution in [1.82, 2.24) is 0 Å². The van der Waals surface area contributed by atoms with Crippen LogP contribution in [-0.4, -0.2) is 40.6 Å². The largest absolute Gasteiger partial charge is 0.458 e. The molecule has 0 bridgehead atoms. The molecule has 6 unspecified atom stereocenters. The SMILES string of the molecule is C=C(C(=O)OC1C(=O)C2=C(C)CCC3C(=C)C(=O)OC3C2[C@]1(C)O)C1CC[C@]2(C)CCCC(=C)C2C1. The van der Waals surface area contributed by atoms with Crippen molar-refractivity contribution in [1.29, 1.82) is 0 Å². The minimum atomic E-state index is -1.72. The van der Waals surface area contributed by atoms with Gasteiger partial charge < -0.3 is 14.6 Å². The molecule has 1 heterocycles. The first-order chi connectivity index (χ1) is 16.9. The van der Waals surface area contributed by atoms with Crippen molar-refractivity contribution >= 4 is 17.7 Å². The molecule has 3 saturated carbocycles. The monoisotopic (exact) mass is 494 g/mol. The molecule has 1 aliphatic heterocycles. The molecule has 4 aliphatic carbocycles. The summed E-state index contributed by atoms with van der Waals surface area (Å²) in [7, 11) is 0. The molecule has 6 heteroatoms. The Bertz CT molecular complexity index is 1110. The van der Waals surface area contributed by atoms with Crippen LogP contribution in [0.15, 0.2) is 47.6 Å². The zero-order valence-electron chi connectivity index (χ0n) is 21.7. The normalized spacial score (nSPS) is 42.3. The Morgan fingerprint density at radius 1 is 1.14 bits per heavy atom. The summed E-state index contributed by atoms with van der Waals surface area (Å²) in [5, 5.41) is 11.7. The molecule has 36 heavy (non-hydrogen) atoms. The van der Waals surface area contributed by atoms with Gasteiger partial charge in [-0.25, -0.2) is 9.59 Å².